The van der Waals surface area contributed by atoms with Gasteiger partial charge in [-0.25, -0.2) is 0 Å². The van der Waals surface area contributed by atoms with E-state index in [2.05, 4.69) is 20.5 Å². The number of aromatic nitrogens is 4. The monoisotopic (exact) mass is 319 g/mol. The quantitative estimate of drug-likeness (QED) is 0.793. The minimum atomic E-state index is 0.0236. The number of pyridine rings is 1. The van der Waals surface area contributed by atoms with Crippen LogP contribution in [-0.4, -0.2) is 37.5 Å². The zero-order valence-corrected chi connectivity index (χ0v) is 13.9. The summed E-state index contributed by atoms with van der Waals surface area (Å²) in [5.41, 5.74) is 0.972. The molecule has 0 aliphatic carbocycles. The van der Waals surface area contributed by atoms with E-state index >= 15 is 0 Å². The topological polar surface area (TPSA) is 72.7 Å². The van der Waals surface area contributed by atoms with Gasteiger partial charge >= 0.3 is 0 Å². The van der Waals surface area contributed by atoms with Crippen LogP contribution in [0, 0.1) is 0 Å². The molecule has 0 aliphatic rings. The third-order valence-corrected chi connectivity index (χ3v) is 4.29. The summed E-state index contributed by atoms with van der Waals surface area (Å²) in [5.74, 6) is 1.17. The highest BCUT2D eigenvalue weighted by molar-refractivity contribution is 7.99. The summed E-state index contributed by atoms with van der Waals surface area (Å²) in [6.07, 6.45) is 4.39. The fraction of sp³-hybridized carbons (Fsp3) is 0.467. The molecule has 2 aromatic heterocycles. The molecule has 0 fully saturated rings. The minimum absolute atomic E-state index is 0.0236. The summed E-state index contributed by atoms with van der Waals surface area (Å²) in [5, 5.41) is 12.2. The van der Waals surface area contributed by atoms with Crippen LogP contribution in [0.1, 0.15) is 27.2 Å². The molecule has 0 saturated carbocycles. The molecule has 1 N–H and O–H groups in total. The molecule has 1 atom stereocenters. The van der Waals surface area contributed by atoms with E-state index in [-0.39, 0.29) is 11.9 Å². The summed E-state index contributed by atoms with van der Waals surface area (Å²) < 4.78 is 2.01. The SMILES string of the molecule is CC[C@H](C)NC(=O)CSc1nnc(-c2ccncc2)n1CC. The molecule has 0 unspecified atom stereocenters. The Kier molecular flexibility index (Phi) is 5.94. The molecule has 0 aromatic carbocycles. The first-order chi connectivity index (χ1) is 10.7. The van der Waals surface area contributed by atoms with Gasteiger partial charge in [0.15, 0.2) is 11.0 Å². The van der Waals surface area contributed by atoms with Crippen molar-refractivity contribution in [1.82, 2.24) is 25.1 Å². The second-order valence-electron chi connectivity index (χ2n) is 4.95. The van der Waals surface area contributed by atoms with Gasteiger partial charge in [-0.1, -0.05) is 18.7 Å². The van der Waals surface area contributed by atoms with E-state index in [1.165, 1.54) is 11.8 Å². The van der Waals surface area contributed by atoms with Crippen LogP contribution in [-0.2, 0) is 11.3 Å². The average Bonchev–Trinajstić information content (AvgIpc) is 2.96. The van der Waals surface area contributed by atoms with Crippen molar-refractivity contribution in [2.75, 3.05) is 5.75 Å². The second-order valence-corrected chi connectivity index (χ2v) is 5.89. The van der Waals surface area contributed by atoms with E-state index < -0.39 is 0 Å². The molecule has 7 heteroatoms. The summed E-state index contributed by atoms with van der Waals surface area (Å²) in [6.45, 7) is 6.84. The number of amides is 1. The van der Waals surface area contributed by atoms with Crippen molar-refractivity contribution < 1.29 is 4.79 Å². The number of carbonyl (C=O) groups is 1. The predicted octanol–water partition coefficient (Wildman–Crippen LogP) is 2.37. The van der Waals surface area contributed by atoms with Crippen LogP contribution in [0.25, 0.3) is 11.4 Å². The zero-order valence-electron chi connectivity index (χ0n) is 13.1. The maximum Gasteiger partial charge on any atom is 0.230 e. The Hall–Kier alpha value is -1.89. The average molecular weight is 319 g/mol. The molecule has 0 radical (unpaired) electrons. The molecule has 2 aromatic rings. The Labute approximate surface area is 134 Å². The van der Waals surface area contributed by atoms with Gasteiger partial charge < -0.3 is 9.88 Å². The Morgan fingerprint density at radius 2 is 2.05 bits per heavy atom. The highest BCUT2D eigenvalue weighted by Crippen LogP contribution is 2.23. The maximum absolute atomic E-state index is 11.9. The molecule has 0 spiro atoms. The highest BCUT2D eigenvalue weighted by Gasteiger charge is 2.14. The second kappa shape index (κ2) is 7.93. The molecule has 2 rings (SSSR count). The van der Waals surface area contributed by atoms with E-state index in [1.54, 1.807) is 12.4 Å². The normalized spacial score (nSPS) is 12.1. The molecule has 118 valence electrons. The van der Waals surface area contributed by atoms with E-state index in [1.807, 2.05) is 37.5 Å². The van der Waals surface area contributed by atoms with Gasteiger partial charge in [-0.3, -0.25) is 9.78 Å². The van der Waals surface area contributed by atoms with E-state index in [0.717, 1.165) is 29.5 Å². The van der Waals surface area contributed by atoms with Crippen LogP contribution >= 0.6 is 11.8 Å². The lowest BCUT2D eigenvalue weighted by molar-refractivity contribution is -0.119. The third kappa shape index (κ3) is 4.07. The Morgan fingerprint density at radius 3 is 2.68 bits per heavy atom. The van der Waals surface area contributed by atoms with Gasteiger partial charge in [-0.05, 0) is 32.4 Å². The van der Waals surface area contributed by atoms with Crippen molar-refractivity contribution in [1.29, 1.82) is 0 Å². The van der Waals surface area contributed by atoms with Crippen LogP contribution in [0.4, 0.5) is 0 Å². The minimum Gasteiger partial charge on any atom is -0.353 e. The van der Waals surface area contributed by atoms with Gasteiger partial charge in [0.2, 0.25) is 5.91 Å². The van der Waals surface area contributed by atoms with Gasteiger partial charge in [0.1, 0.15) is 0 Å². The van der Waals surface area contributed by atoms with Crippen LogP contribution in [0.2, 0.25) is 0 Å². The third-order valence-electron chi connectivity index (χ3n) is 3.32. The number of nitrogens with one attached hydrogen (secondary N) is 1. The van der Waals surface area contributed by atoms with Gasteiger partial charge in [-0.15, -0.1) is 10.2 Å². The number of carbonyl (C=O) groups excluding carboxylic acids is 1. The number of nitrogens with zero attached hydrogens (tertiary/aromatic N) is 4. The fourth-order valence-corrected chi connectivity index (χ4v) is 2.76. The molecular formula is C15H21N5OS. The molecule has 1 amide bonds. The Morgan fingerprint density at radius 1 is 1.32 bits per heavy atom. The zero-order chi connectivity index (χ0) is 15.9. The molecule has 0 aliphatic heterocycles. The first kappa shape index (κ1) is 16.5. The maximum atomic E-state index is 11.9. The fourth-order valence-electron chi connectivity index (χ4n) is 1.94. The molecular weight excluding hydrogens is 298 g/mol. The largest absolute Gasteiger partial charge is 0.353 e. The van der Waals surface area contributed by atoms with E-state index in [0.29, 0.717) is 5.75 Å². The van der Waals surface area contributed by atoms with Crippen molar-refractivity contribution >= 4 is 17.7 Å². The Balaban J connectivity index is 2.07. The van der Waals surface area contributed by atoms with Gasteiger partial charge in [0.25, 0.3) is 0 Å². The first-order valence-corrected chi connectivity index (χ1v) is 8.40. The van der Waals surface area contributed by atoms with Crippen LogP contribution in [0.15, 0.2) is 29.7 Å². The van der Waals surface area contributed by atoms with E-state index in [4.69, 9.17) is 0 Å². The standard InChI is InChI=1S/C15H21N5OS/c1-4-11(3)17-13(21)10-22-15-19-18-14(20(15)5-2)12-6-8-16-9-7-12/h6-9,11H,4-5,10H2,1-3H3,(H,17,21)/t11-/m0/s1. The number of thioether (sulfide) groups is 1. The van der Waals surface area contributed by atoms with Crippen LogP contribution < -0.4 is 5.32 Å². The molecule has 22 heavy (non-hydrogen) atoms. The Bertz CT molecular complexity index is 614. The van der Waals surface area contributed by atoms with Gasteiger partial charge in [-0.2, -0.15) is 0 Å². The van der Waals surface area contributed by atoms with Crippen molar-refractivity contribution in [2.24, 2.45) is 0 Å². The summed E-state index contributed by atoms with van der Waals surface area (Å²) >= 11 is 1.41. The molecule has 0 bridgehead atoms. The first-order valence-electron chi connectivity index (χ1n) is 7.41. The van der Waals surface area contributed by atoms with Gasteiger partial charge in [0, 0.05) is 30.5 Å². The van der Waals surface area contributed by atoms with Crippen molar-refractivity contribution in [2.45, 2.75) is 44.9 Å². The number of rotatable bonds is 7. The lowest BCUT2D eigenvalue weighted by Crippen LogP contribution is -2.33. The van der Waals surface area contributed by atoms with E-state index in [9.17, 15) is 4.79 Å². The van der Waals surface area contributed by atoms with Crippen molar-refractivity contribution in [3.8, 4) is 11.4 Å². The lowest BCUT2D eigenvalue weighted by atomic mass is 10.2. The predicted molar refractivity (Wildman–Crippen MR) is 87.5 cm³/mol. The van der Waals surface area contributed by atoms with Gasteiger partial charge in [0.05, 0.1) is 5.75 Å². The smallest absolute Gasteiger partial charge is 0.230 e. The highest BCUT2D eigenvalue weighted by atomic mass is 32.2. The van der Waals surface area contributed by atoms with Crippen molar-refractivity contribution in [3.63, 3.8) is 0 Å². The summed E-state index contributed by atoms with van der Waals surface area (Å²) in [4.78, 5) is 15.9. The summed E-state index contributed by atoms with van der Waals surface area (Å²) in [6, 6.07) is 4.00. The summed E-state index contributed by atoms with van der Waals surface area (Å²) in [7, 11) is 0. The molecule has 6 nitrogen and oxygen atoms in total. The van der Waals surface area contributed by atoms with Crippen LogP contribution in [0.3, 0.4) is 0 Å². The number of hydrogen-bond acceptors (Lipinski definition) is 5. The molecule has 2 heterocycles. The number of hydrogen-bond donors (Lipinski definition) is 1. The van der Waals surface area contributed by atoms with Crippen LogP contribution in [0.5, 0.6) is 0 Å². The van der Waals surface area contributed by atoms with Crippen molar-refractivity contribution in [3.05, 3.63) is 24.5 Å². The lowest BCUT2D eigenvalue weighted by Gasteiger charge is -2.11. The molecule has 0 saturated heterocycles.